The lowest BCUT2D eigenvalue weighted by molar-refractivity contribution is 0.533. The zero-order valence-electron chi connectivity index (χ0n) is 16.9. The molecule has 5 rings (SSSR count). The van der Waals surface area contributed by atoms with Crippen molar-refractivity contribution < 1.29 is 0 Å². The van der Waals surface area contributed by atoms with E-state index in [0.29, 0.717) is 5.82 Å². The van der Waals surface area contributed by atoms with E-state index in [1.54, 1.807) is 0 Å². The number of pyridine rings is 2. The van der Waals surface area contributed by atoms with Crippen molar-refractivity contribution in [3.05, 3.63) is 47.9 Å². The average Bonchev–Trinajstić information content (AvgIpc) is 3.35. The van der Waals surface area contributed by atoms with Gasteiger partial charge in [0.15, 0.2) is 5.82 Å². The van der Waals surface area contributed by atoms with Crippen molar-refractivity contribution >= 4 is 0 Å². The number of nitrogens with one attached hydrogen (secondary N) is 1. The van der Waals surface area contributed by atoms with Gasteiger partial charge in [-0.2, -0.15) is 0 Å². The average molecular weight is 387 g/mol. The Kier molecular flexibility index (Phi) is 4.64. The van der Waals surface area contributed by atoms with E-state index in [1.807, 2.05) is 13.1 Å². The maximum atomic E-state index is 6.98. The highest BCUT2D eigenvalue weighted by molar-refractivity contribution is 5.86. The van der Waals surface area contributed by atoms with E-state index in [-0.39, 0.29) is 0 Å². The minimum Gasteiger partial charge on any atom is -0.262 e. The number of hydrogen-bond donors (Lipinski definition) is 1. The Morgan fingerprint density at radius 3 is 2.62 bits per heavy atom. The highest BCUT2D eigenvalue weighted by Crippen LogP contribution is 2.47. The Bertz CT molecular complexity index is 1020. The summed E-state index contributed by atoms with van der Waals surface area (Å²) in [6.45, 7) is 9.01. The van der Waals surface area contributed by atoms with Crippen LogP contribution in [0.3, 0.4) is 0 Å². The van der Waals surface area contributed by atoms with Gasteiger partial charge in [-0.3, -0.25) is 9.97 Å². The van der Waals surface area contributed by atoms with Crippen molar-refractivity contribution in [3.8, 4) is 22.5 Å². The third-order valence-corrected chi connectivity index (χ3v) is 6.46. The van der Waals surface area contributed by atoms with Gasteiger partial charge in [-0.25, -0.2) is 5.10 Å². The van der Waals surface area contributed by atoms with E-state index >= 15 is 0 Å². The number of tetrazole rings is 1. The Hall–Kier alpha value is -2.63. The number of aromatic amines is 1. The number of aryl methyl sites for hydroxylation is 2. The summed E-state index contributed by atoms with van der Waals surface area (Å²) < 4.78 is 0. The maximum Gasteiger partial charge on any atom is 0.181 e. The predicted molar refractivity (Wildman–Crippen MR) is 111 cm³/mol. The molecule has 1 saturated carbocycles. The van der Waals surface area contributed by atoms with E-state index in [1.165, 1.54) is 36.1 Å². The number of rotatable bonds is 3. The summed E-state index contributed by atoms with van der Waals surface area (Å²) >= 11 is 0. The fourth-order valence-electron chi connectivity index (χ4n) is 5.04. The minimum atomic E-state index is -0.430. The van der Waals surface area contributed by atoms with Gasteiger partial charge in [0.2, 0.25) is 0 Å². The molecule has 0 unspecified atom stereocenters. The SMILES string of the molecule is [CH]C1(c2nc3c(c(-c4ccnc(C)c4)c2-c2nnn[nH]2)CCCCC3)CCCC1. The lowest BCUT2D eigenvalue weighted by Crippen LogP contribution is -2.23. The van der Waals surface area contributed by atoms with Crippen molar-refractivity contribution in [2.45, 2.75) is 70.1 Å². The van der Waals surface area contributed by atoms with Crippen molar-refractivity contribution in [2.75, 3.05) is 0 Å². The lowest BCUT2D eigenvalue weighted by Gasteiger charge is -2.29. The Morgan fingerprint density at radius 2 is 1.86 bits per heavy atom. The third kappa shape index (κ3) is 3.24. The fourth-order valence-corrected chi connectivity index (χ4v) is 5.04. The largest absolute Gasteiger partial charge is 0.262 e. The van der Waals surface area contributed by atoms with Gasteiger partial charge in [-0.05, 0) is 91.6 Å². The van der Waals surface area contributed by atoms with E-state index in [9.17, 15) is 0 Å². The van der Waals surface area contributed by atoms with Crippen LogP contribution in [0.4, 0.5) is 0 Å². The molecule has 0 amide bonds. The molecule has 6 heteroatoms. The van der Waals surface area contributed by atoms with Crippen LogP contribution in [0.2, 0.25) is 0 Å². The molecule has 0 saturated heterocycles. The Balaban J connectivity index is 1.87. The summed E-state index contributed by atoms with van der Waals surface area (Å²) in [7, 11) is 0. The number of fused-ring (bicyclic) bond motifs is 1. The van der Waals surface area contributed by atoms with Crippen LogP contribution in [0.5, 0.6) is 0 Å². The molecular weight excluding hydrogens is 360 g/mol. The molecule has 2 radical (unpaired) electrons. The van der Waals surface area contributed by atoms with Crippen LogP contribution in [-0.4, -0.2) is 30.6 Å². The fraction of sp³-hybridized carbons (Fsp3) is 0.478. The van der Waals surface area contributed by atoms with Crippen molar-refractivity contribution in [1.82, 2.24) is 30.6 Å². The van der Waals surface area contributed by atoms with Crippen molar-refractivity contribution in [1.29, 1.82) is 0 Å². The van der Waals surface area contributed by atoms with Gasteiger partial charge in [-0.15, -0.1) is 5.10 Å². The molecule has 0 aromatic carbocycles. The van der Waals surface area contributed by atoms with Crippen molar-refractivity contribution in [2.24, 2.45) is 0 Å². The molecule has 1 fully saturated rings. The molecule has 3 aromatic rings. The monoisotopic (exact) mass is 386 g/mol. The second-order valence-corrected chi connectivity index (χ2v) is 8.50. The number of hydrogen-bond acceptors (Lipinski definition) is 5. The molecular formula is C23H26N6. The summed E-state index contributed by atoms with van der Waals surface area (Å²) in [5, 5.41) is 15.0. The molecule has 0 bridgehead atoms. The minimum absolute atomic E-state index is 0.430. The molecule has 0 spiro atoms. The molecule has 6 nitrogen and oxygen atoms in total. The first-order valence-corrected chi connectivity index (χ1v) is 10.7. The predicted octanol–water partition coefficient (Wildman–Crippen LogP) is 4.42. The van der Waals surface area contributed by atoms with Crippen LogP contribution in [0, 0.1) is 13.8 Å². The molecule has 3 heterocycles. The third-order valence-electron chi connectivity index (χ3n) is 6.46. The molecule has 0 aliphatic heterocycles. The van der Waals surface area contributed by atoms with Crippen LogP contribution in [0.1, 0.15) is 67.6 Å². The first-order chi connectivity index (χ1) is 14.2. The Labute approximate surface area is 171 Å². The van der Waals surface area contributed by atoms with E-state index in [2.05, 4.69) is 37.7 Å². The molecule has 3 aromatic heterocycles. The topological polar surface area (TPSA) is 80.2 Å². The van der Waals surface area contributed by atoms with Gasteiger partial charge in [0.25, 0.3) is 0 Å². The molecule has 0 atom stereocenters. The van der Waals surface area contributed by atoms with Crippen molar-refractivity contribution in [3.63, 3.8) is 0 Å². The van der Waals surface area contributed by atoms with Gasteiger partial charge in [-0.1, -0.05) is 19.3 Å². The summed E-state index contributed by atoms with van der Waals surface area (Å²) in [4.78, 5) is 9.65. The van der Waals surface area contributed by atoms with Gasteiger partial charge >= 0.3 is 0 Å². The highest BCUT2D eigenvalue weighted by Gasteiger charge is 2.38. The molecule has 148 valence electrons. The molecule has 1 N–H and O–H groups in total. The molecule has 2 aliphatic rings. The standard InChI is InChI=1S/C23H26N6/c1-15-14-16(10-13-24-15)19-17-8-4-3-5-9-18(17)25-21(23(2)11-6-7-12-23)20(19)22-26-28-29-27-22/h2,10,13-14H,3-9,11-12H2,1H3,(H,26,27,28,29). The normalized spacial score (nSPS) is 18.4. The van der Waals surface area contributed by atoms with E-state index < -0.39 is 5.41 Å². The van der Waals surface area contributed by atoms with Gasteiger partial charge in [0.05, 0.1) is 11.3 Å². The molecule has 2 aliphatic carbocycles. The summed E-state index contributed by atoms with van der Waals surface area (Å²) in [6.07, 6.45) is 11.6. The zero-order valence-corrected chi connectivity index (χ0v) is 16.9. The van der Waals surface area contributed by atoms with Gasteiger partial charge in [0, 0.05) is 23.0 Å². The van der Waals surface area contributed by atoms with E-state index in [4.69, 9.17) is 11.9 Å². The summed E-state index contributed by atoms with van der Waals surface area (Å²) in [5.41, 5.74) is 7.36. The maximum absolute atomic E-state index is 6.98. The quantitative estimate of drug-likeness (QED) is 0.674. The summed E-state index contributed by atoms with van der Waals surface area (Å²) in [6, 6.07) is 4.23. The first kappa shape index (κ1) is 18.4. The van der Waals surface area contributed by atoms with Crippen LogP contribution in [0.15, 0.2) is 18.3 Å². The Morgan fingerprint density at radius 1 is 1.03 bits per heavy atom. The smallest absolute Gasteiger partial charge is 0.181 e. The van der Waals surface area contributed by atoms with E-state index in [0.717, 1.165) is 61.0 Å². The first-order valence-electron chi connectivity index (χ1n) is 10.7. The van der Waals surface area contributed by atoms with Gasteiger partial charge in [0.1, 0.15) is 0 Å². The second-order valence-electron chi connectivity index (χ2n) is 8.50. The van der Waals surface area contributed by atoms with Crippen LogP contribution in [0.25, 0.3) is 22.5 Å². The second kappa shape index (κ2) is 7.32. The zero-order chi connectivity index (χ0) is 19.8. The number of nitrogens with zero attached hydrogens (tertiary/aromatic N) is 5. The van der Waals surface area contributed by atoms with Crippen LogP contribution < -0.4 is 0 Å². The summed E-state index contributed by atoms with van der Waals surface area (Å²) in [5.74, 6) is 0.653. The number of H-pyrrole nitrogens is 1. The highest BCUT2D eigenvalue weighted by atomic mass is 15.5. The number of aromatic nitrogens is 6. The van der Waals surface area contributed by atoms with Crippen LogP contribution >= 0.6 is 0 Å². The lowest BCUT2D eigenvalue weighted by atomic mass is 9.78. The molecule has 29 heavy (non-hydrogen) atoms. The van der Waals surface area contributed by atoms with Crippen LogP contribution in [-0.2, 0) is 18.3 Å². The van der Waals surface area contributed by atoms with Gasteiger partial charge < -0.3 is 0 Å².